The molecule has 0 aromatic carbocycles. The molecular formula is C10H11BrN2. The monoisotopic (exact) mass is 238 g/mol. The van der Waals surface area contributed by atoms with E-state index in [1.54, 1.807) is 0 Å². The minimum absolute atomic E-state index is 0.882. The molecule has 0 bridgehead atoms. The van der Waals surface area contributed by atoms with E-state index in [1.807, 2.05) is 12.3 Å². The van der Waals surface area contributed by atoms with Gasteiger partial charge in [-0.3, -0.25) is 4.99 Å². The van der Waals surface area contributed by atoms with E-state index in [9.17, 15) is 0 Å². The summed E-state index contributed by atoms with van der Waals surface area (Å²) in [6.07, 6.45) is 5.47. The summed E-state index contributed by atoms with van der Waals surface area (Å²) in [5, 5.41) is 0. The fraction of sp³-hybridized carbons (Fsp3) is 0.400. The highest BCUT2D eigenvalue weighted by molar-refractivity contribution is 9.10. The van der Waals surface area contributed by atoms with Crippen LogP contribution in [0.2, 0.25) is 0 Å². The number of nitrogens with zero attached hydrogens (tertiary/aromatic N) is 2. The summed E-state index contributed by atoms with van der Waals surface area (Å²) in [7, 11) is 0. The molecule has 0 saturated carbocycles. The molecule has 0 saturated heterocycles. The standard InChI is InChI=1S/C10H11BrN2/c11-10-5-4-8(7-13-10)9-3-1-2-6-12-9/h4-5,7H,1-3,6H2. The first-order valence-electron chi connectivity index (χ1n) is 4.51. The summed E-state index contributed by atoms with van der Waals surface area (Å²) in [4.78, 5) is 8.68. The third-order valence-electron chi connectivity index (χ3n) is 2.18. The molecule has 2 nitrogen and oxygen atoms in total. The third kappa shape index (κ3) is 2.15. The summed E-state index contributed by atoms with van der Waals surface area (Å²) in [6.45, 7) is 0.978. The van der Waals surface area contributed by atoms with Gasteiger partial charge in [0.15, 0.2) is 0 Å². The number of rotatable bonds is 1. The Bertz CT molecular complexity index is 316. The molecule has 0 unspecified atom stereocenters. The van der Waals surface area contributed by atoms with Gasteiger partial charge < -0.3 is 0 Å². The minimum atomic E-state index is 0.882. The molecule has 0 atom stereocenters. The predicted molar refractivity (Wildman–Crippen MR) is 57.2 cm³/mol. The largest absolute Gasteiger partial charge is 0.289 e. The topological polar surface area (TPSA) is 25.2 Å². The van der Waals surface area contributed by atoms with Crippen molar-refractivity contribution in [2.75, 3.05) is 6.54 Å². The smallest absolute Gasteiger partial charge is 0.106 e. The summed E-state index contributed by atoms with van der Waals surface area (Å²) >= 11 is 3.32. The summed E-state index contributed by atoms with van der Waals surface area (Å²) in [5.41, 5.74) is 2.38. The Hall–Kier alpha value is -0.700. The zero-order valence-electron chi connectivity index (χ0n) is 7.33. The molecule has 1 aliphatic heterocycles. The SMILES string of the molecule is Brc1ccc(C2=NCCCC2)cn1. The Kier molecular flexibility index (Phi) is 2.74. The summed E-state index contributed by atoms with van der Waals surface area (Å²) in [6, 6.07) is 4.04. The van der Waals surface area contributed by atoms with Crippen molar-refractivity contribution >= 4 is 21.6 Å². The van der Waals surface area contributed by atoms with E-state index in [-0.39, 0.29) is 0 Å². The normalized spacial score (nSPS) is 16.8. The van der Waals surface area contributed by atoms with Gasteiger partial charge in [0.25, 0.3) is 0 Å². The predicted octanol–water partition coefficient (Wildman–Crippen LogP) is 2.82. The molecule has 0 N–H and O–H groups in total. The lowest BCUT2D eigenvalue weighted by Crippen LogP contribution is -2.07. The average Bonchev–Trinajstić information content (AvgIpc) is 2.20. The number of hydrogen-bond acceptors (Lipinski definition) is 2. The fourth-order valence-corrected chi connectivity index (χ4v) is 1.71. The second kappa shape index (κ2) is 4.01. The molecule has 0 aliphatic carbocycles. The molecule has 1 aliphatic rings. The van der Waals surface area contributed by atoms with Gasteiger partial charge in [0.05, 0.1) is 0 Å². The van der Waals surface area contributed by atoms with Crippen molar-refractivity contribution in [3.8, 4) is 0 Å². The van der Waals surface area contributed by atoms with E-state index >= 15 is 0 Å². The van der Waals surface area contributed by atoms with Gasteiger partial charge in [-0.15, -0.1) is 0 Å². The Morgan fingerprint density at radius 1 is 1.23 bits per heavy atom. The van der Waals surface area contributed by atoms with Crippen LogP contribution in [0, 0.1) is 0 Å². The number of pyridine rings is 1. The lowest BCUT2D eigenvalue weighted by atomic mass is 10.0. The Balaban J connectivity index is 2.24. The minimum Gasteiger partial charge on any atom is -0.289 e. The average molecular weight is 239 g/mol. The maximum absolute atomic E-state index is 4.49. The highest BCUT2D eigenvalue weighted by Gasteiger charge is 2.07. The van der Waals surface area contributed by atoms with Crippen LogP contribution in [0.5, 0.6) is 0 Å². The maximum atomic E-state index is 4.49. The van der Waals surface area contributed by atoms with E-state index in [0.717, 1.165) is 17.6 Å². The van der Waals surface area contributed by atoms with Crippen LogP contribution in [0.25, 0.3) is 0 Å². The molecule has 1 aromatic rings. The summed E-state index contributed by atoms with van der Waals surface area (Å²) in [5.74, 6) is 0. The van der Waals surface area contributed by atoms with Crippen LogP contribution < -0.4 is 0 Å². The van der Waals surface area contributed by atoms with E-state index in [0.29, 0.717) is 0 Å². The molecular weight excluding hydrogens is 228 g/mol. The molecule has 0 fully saturated rings. The molecule has 13 heavy (non-hydrogen) atoms. The Morgan fingerprint density at radius 2 is 2.15 bits per heavy atom. The zero-order valence-corrected chi connectivity index (χ0v) is 8.92. The second-order valence-electron chi connectivity index (χ2n) is 3.16. The van der Waals surface area contributed by atoms with Gasteiger partial charge in [-0.1, -0.05) is 0 Å². The fourth-order valence-electron chi connectivity index (χ4n) is 1.48. The number of aromatic nitrogens is 1. The van der Waals surface area contributed by atoms with Crippen molar-refractivity contribution < 1.29 is 0 Å². The number of halogens is 1. The van der Waals surface area contributed by atoms with Gasteiger partial charge >= 0.3 is 0 Å². The lowest BCUT2D eigenvalue weighted by molar-refractivity contribution is 0.738. The van der Waals surface area contributed by atoms with Crippen molar-refractivity contribution in [3.63, 3.8) is 0 Å². The third-order valence-corrected chi connectivity index (χ3v) is 2.65. The highest BCUT2D eigenvalue weighted by Crippen LogP contribution is 2.14. The molecule has 2 heterocycles. The number of aliphatic imine (C=N–C) groups is 1. The van der Waals surface area contributed by atoms with Gasteiger partial charge in [-0.25, -0.2) is 4.98 Å². The highest BCUT2D eigenvalue weighted by atomic mass is 79.9. The van der Waals surface area contributed by atoms with Crippen LogP contribution in [0.4, 0.5) is 0 Å². The maximum Gasteiger partial charge on any atom is 0.106 e. The van der Waals surface area contributed by atoms with Gasteiger partial charge in [-0.05, 0) is 47.3 Å². The molecule has 2 rings (SSSR count). The molecule has 0 spiro atoms. The van der Waals surface area contributed by atoms with Gasteiger partial charge in [-0.2, -0.15) is 0 Å². The second-order valence-corrected chi connectivity index (χ2v) is 3.97. The molecule has 68 valence electrons. The summed E-state index contributed by atoms with van der Waals surface area (Å²) < 4.78 is 0.882. The van der Waals surface area contributed by atoms with Gasteiger partial charge in [0.1, 0.15) is 4.60 Å². The van der Waals surface area contributed by atoms with Crippen LogP contribution >= 0.6 is 15.9 Å². The first-order valence-corrected chi connectivity index (χ1v) is 5.31. The Morgan fingerprint density at radius 3 is 2.77 bits per heavy atom. The van der Waals surface area contributed by atoms with Crippen molar-refractivity contribution in [1.82, 2.24) is 4.98 Å². The first kappa shape index (κ1) is 8.88. The van der Waals surface area contributed by atoms with Crippen molar-refractivity contribution in [2.24, 2.45) is 4.99 Å². The van der Waals surface area contributed by atoms with Crippen LogP contribution in [0.3, 0.4) is 0 Å². The number of hydrogen-bond donors (Lipinski definition) is 0. The quantitative estimate of drug-likeness (QED) is 0.692. The van der Waals surface area contributed by atoms with Gasteiger partial charge in [0.2, 0.25) is 0 Å². The molecule has 1 aromatic heterocycles. The molecule has 0 radical (unpaired) electrons. The lowest BCUT2D eigenvalue weighted by Gasteiger charge is -2.11. The van der Waals surface area contributed by atoms with E-state index in [4.69, 9.17) is 0 Å². The van der Waals surface area contributed by atoms with Crippen molar-refractivity contribution in [3.05, 3.63) is 28.5 Å². The van der Waals surface area contributed by atoms with Crippen LogP contribution in [0.1, 0.15) is 24.8 Å². The molecule has 0 amide bonds. The zero-order chi connectivity index (χ0) is 9.10. The van der Waals surface area contributed by atoms with Crippen LogP contribution in [-0.4, -0.2) is 17.2 Å². The van der Waals surface area contributed by atoms with Crippen molar-refractivity contribution in [1.29, 1.82) is 0 Å². The first-order chi connectivity index (χ1) is 6.36. The molecule has 3 heteroatoms. The van der Waals surface area contributed by atoms with Crippen LogP contribution in [-0.2, 0) is 0 Å². The van der Waals surface area contributed by atoms with E-state index in [1.165, 1.54) is 24.1 Å². The van der Waals surface area contributed by atoms with Gasteiger partial charge in [0, 0.05) is 24.0 Å². The van der Waals surface area contributed by atoms with E-state index < -0.39 is 0 Å². The van der Waals surface area contributed by atoms with Crippen molar-refractivity contribution in [2.45, 2.75) is 19.3 Å². The van der Waals surface area contributed by atoms with E-state index in [2.05, 4.69) is 32.0 Å². The Labute approximate surface area is 86.2 Å². The van der Waals surface area contributed by atoms with Crippen LogP contribution in [0.15, 0.2) is 27.9 Å².